The van der Waals surface area contributed by atoms with E-state index in [-0.39, 0.29) is 0 Å². The predicted octanol–water partition coefficient (Wildman–Crippen LogP) is 4.63. The monoisotopic (exact) mass is 394 g/mol. The summed E-state index contributed by atoms with van der Waals surface area (Å²) in [6.45, 7) is 2.33. The highest BCUT2D eigenvalue weighted by molar-refractivity contribution is 5.81. The van der Waals surface area contributed by atoms with Crippen molar-refractivity contribution in [2.45, 2.75) is 32.1 Å². The standard InChI is InChI=1S/C23H26N2O4/c1(2-4-10-24-14-18-6-8-20-22(12-18)28-16-26-20)3-5-11-25-15-19-7-9-21-23(13-19)29-17-27-21/h6-9,12-15H,1-5,10-11,16-17H2. The zero-order valence-electron chi connectivity index (χ0n) is 16.5. The van der Waals surface area contributed by atoms with E-state index in [1.165, 1.54) is 19.3 Å². The van der Waals surface area contributed by atoms with E-state index in [1.54, 1.807) is 0 Å². The van der Waals surface area contributed by atoms with Crippen molar-refractivity contribution >= 4 is 12.4 Å². The molecule has 0 unspecified atom stereocenters. The van der Waals surface area contributed by atoms with Crippen molar-refractivity contribution in [2.75, 3.05) is 26.7 Å². The summed E-state index contributed by atoms with van der Waals surface area (Å²) in [6, 6.07) is 11.8. The molecular weight excluding hydrogens is 368 g/mol. The number of ether oxygens (including phenoxy) is 4. The highest BCUT2D eigenvalue weighted by Crippen LogP contribution is 2.32. The normalized spacial score (nSPS) is 14.3. The van der Waals surface area contributed by atoms with Gasteiger partial charge in [-0.15, -0.1) is 0 Å². The second-order valence-corrected chi connectivity index (χ2v) is 7.06. The lowest BCUT2D eigenvalue weighted by molar-refractivity contribution is 0.173. The van der Waals surface area contributed by atoms with Crippen LogP contribution in [0.2, 0.25) is 0 Å². The minimum atomic E-state index is 0.305. The van der Waals surface area contributed by atoms with E-state index in [9.17, 15) is 0 Å². The molecule has 0 atom stereocenters. The summed E-state index contributed by atoms with van der Waals surface area (Å²) in [5.41, 5.74) is 2.10. The van der Waals surface area contributed by atoms with E-state index < -0.39 is 0 Å². The average molecular weight is 394 g/mol. The number of aliphatic imine (C=N–C) groups is 2. The third-order valence-corrected chi connectivity index (χ3v) is 4.85. The summed E-state index contributed by atoms with van der Waals surface area (Å²) in [5.74, 6) is 3.22. The highest BCUT2D eigenvalue weighted by Gasteiger charge is 2.13. The van der Waals surface area contributed by atoms with Crippen LogP contribution in [-0.4, -0.2) is 39.1 Å². The van der Waals surface area contributed by atoms with Gasteiger partial charge in [-0.2, -0.15) is 0 Å². The van der Waals surface area contributed by atoms with Gasteiger partial charge in [-0.25, -0.2) is 0 Å². The molecule has 2 aliphatic rings. The molecule has 0 aromatic heterocycles. The largest absolute Gasteiger partial charge is 0.454 e. The minimum Gasteiger partial charge on any atom is -0.454 e. The molecule has 6 nitrogen and oxygen atoms in total. The number of benzene rings is 2. The van der Waals surface area contributed by atoms with E-state index >= 15 is 0 Å². The Kier molecular flexibility index (Phi) is 6.63. The molecule has 0 aliphatic carbocycles. The van der Waals surface area contributed by atoms with Gasteiger partial charge in [-0.05, 0) is 60.4 Å². The van der Waals surface area contributed by atoms with Gasteiger partial charge in [0.05, 0.1) is 0 Å². The zero-order valence-corrected chi connectivity index (χ0v) is 16.5. The topological polar surface area (TPSA) is 61.6 Å². The summed E-state index contributed by atoms with van der Waals surface area (Å²) < 4.78 is 21.4. The van der Waals surface area contributed by atoms with E-state index in [2.05, 4.69) is 9.98 Å². The van der Waals surface area contributed by atoms with Gasteiger partial charge in [0.2, 0.25) is 13.6 Å². The maximum atomic E-state index is 5.38. The number of unbranched alkanes of at least 4 members (excludes halogenated alkanes) is 4. The molecule has 4 rings (SSSR count). The molecule has 6 heteroatoms. The highest BCUT2D eigenvalue weighted by atomic mass is 16.7. The van der Waals surface area contributed by atoms with Gasteiger partial charge in [-0.3, -0.25) is 9.98 Å². The van der Waals surface area contributed by atoms with Crippen LogP contribution in [0.3, 0.4) is 0 Å². The fourth-order valence-electron chi connectivity index (χ4n) is 3.26. The van der Waals surface area contributed by atoms with Crippen LogP contribution in [0, 0.1) is 0 Å². The maximum Gasteiger partial charge on any atom is 0.231 e. The minimum absolute atomic E-state index is 0.305. The SMILES string of the molecule is C(=NCCCCCCCN=Cc1ccc2c(c1)OCO2)c1ccc2c(c1)OCO2. The van der Waals surface area contributed by atoms with E-state index in [1.807, 2.05) is 48.8 Å². The van der Waals surface area contributed by atoms with Gasteiger partial charge in [0.1, 0.15) is 0 Å². The Labute approximate surface area is 171 Å². The summed E-state index contributed by atoms with van der Waals surface area (Å²) in [7, 11) is 0. The first-order valence-electron chi connectivity index (χ1n) is 10.2. The van der Waals surface area contributed by atoms with Gasteiger partial charge in [-0.1, -0.05) is 19.3 Å². The smallest absolute Gasteiger partial charge is 0.231 e. The van der Waals surface area contributed by atoms with Gasteiger partial charge in [0.15, 0.2) is 23.0 Å². The van der Waals surface area contributed by atoms with Crippen LogP contribution >= 0.6 is 0 Å². The molecule has 0 saturated carbocycles. The number of fused-ring (bicyclic) bond motifs is 2. The Balaban J connectivity index is 1.04. The number of nitrogens with zero attached hydrogens (tertiary/aromatic N) is 2. The molecule has 0 radical (unpaired) electrons. The Morgan fingerprint density at radius 2 is 1.03 bits per heavy atom. The number of rotatable bonds is 10. The Morgan fingerprint density at radius 1 is 0.586 bits per heavy atom. The fourth-order valence-corrected chi connectivity index (χ4v) is 3.26. The van der Waals surface area contributed by atoms with Crippen LogP contribution in [0.15, 0.2) is 46.4 Å². The summed E-state index contributed by atoms with van der Waals surface area (Å²) in [5, 5.41) is 0. The third kappa shape index (κ3) is 5.50. The van der Waals surface area contributed by atoms with Crippen molar-refractivity contribution in [1.82, 2.24) is 0 Å². The Bertz CT molecular complexity index is 808. The van der Waals surface area contributed by atoms with Gasteiger partial charge in [0.25, 0.3) is 0 Å². The molecule has 0 spiro atoms. The van der Waals surface area contributed by atoms with Crippen LogP contribution in [-0.2, 0) is 0 Å². The number of hydrogen-bond acceptors (Lipinski definition) is 6. The molecule has 0 fully saturated rings. The molecule has 2 aliphatic heterocycles. The molecule has 0 saturated heterocycles. The Morgan fingerprint density at radius 3 is 1.55 bits per heavy atom. The molecule has 0 amide bonds. The molecule has 2 heterocycles. The lowest BCUT2D eigenvalue weighted by atomic mass is 10.1. The van der Waals surface area contributed by atoms with Gasteiger partial charge in [0, 0.05) is 25.5 Å². The third-order valence-electron chi connectivity index (χ3n) is 4.85. The van der Waals surface area contributed by atoms with E-state index in [4.69, 9.17) is 18.9 Å². The van der Waals surface area contributed by atoms with Crippen molar-refractivity contribution in [3.8, 4) is 23.0 Å². The van der Waals surface area contributed by atoms with Crippen LogP contribution < -0.4 is 18.9 Å². The first-order chi connectivity index (χ1) is 14.4. The molecule has 2 aromatic carbocycles. The van der Waals surface area contributed by atoms with Crippen LogP contribution in [0.5, 0.6) is 23.0 Å². The molecular formula is C23H26N2O4. The first-order valence-corrected chi connectivity index (χ1v) is 10.2. The van der Waals surface area contributed by atoms with Crippen molar-refractivity contribution in [3.63, 3.8) is 0 Å². The lowest BCUT2D eigenvalue weighted by Gasteiger charge is -2.00. The van der Waals surface area contributed by atoms with Crippen molar-refractivity contribution in [3.05, 3.63) is 47.5 Å². The van der Waals surface area contributed by atoms with Crippen molar-refractivity contribution in [1.29, 1.82) is 0 Å². The van der Waals surface area contributed by atoms with E-state index in [0.717, 1.165) is 60.1 Å². The molecule has 2 aromatic rings. The zero-order chi connectivity index (χ0) is 19.7. The van der Waals surface area contributed by atoms with Crippen LogP contribution in [0.25, 0.3) is 0 Å². The van der Waals surface area contributed by atoms with E-state index in [0.29, 0.717) is 13.6 Å². The fraction of sp³-hybridized carbons (Fsp3) is 0.391. The lowest BCUT2D eigenvalue weighted by Crippen LogP contribution is -1.93. The summed E-state index contributed by atoms with van der Waals surface area (Å²) >= 11 is 0. The second-order valence-electron chi connectivity index (χ2n) is 7.06. The molecule has 0 bridgehead atoms. The summed E-state index contributed by atoms with van der Waals surface area (Å²) in [6.07, 6.45) is 9.66. The van der Waals surface area contributed by atoms with Crippen molar-refractivity contribution < 1.29 is 18.9 Å². The predicted molar refractivity (Wildman–Crippen MR) is 113 cm³/mol. The second kappa shape index (κ2) is 9.96. The summed E-state index contributed by atoms with van der Waals surface area (Å²) in [4.78, 5) is 9.02. The molecule has 152 valence electrons. The first kappa shape index (κ1) is 19.3. The quantitative estimate of drug-likeness (QED) is 0.435. The molecule has 0 N–H and O–H groups in total. The van der Waals surface area contributed by atoms with Crippen molar-refractivity contribution in [2.24, 2.45) is 9.98 Å². The number of hydrogen-bond donors (Lipinski definition) is 0. The van der Waals surface area contributed by atoms with Gasteiger partial charge >= 0.3 is 0 Å². The van der Waals surface area contributed by atoms with Gasteiger partial charge < -0.3 is 18.9 Å². The average Bonchev–Trinajstić information content (AvgIpc) is 3.40. The molecule has 29 heavy (non-hydrogen) atoms. The van der Waals surface area contributed by atoms with Crippen LogP contribution in [0.1, 0.15) is 43.2 Å². The maximum absolute atomic E-state index is 5.38. The Hall–Kier alpha value is -3.02. The van der Waals surface area contributed by atoms with Crippen LogP contribution in [0.4, 0.5) is 0 Å².